The topological polar surface area (TPSA) is 113 Å². The van der Waals surface area contributed by atoms with Crippen LogP contribution in [0.5, 0.6) is 0 Å². The Hall–Kier alpha value is -1.22. The van der Waals surface area contributed by atoms with E-state index in [1.165, 1.54) is 18.2 Å². The third kappa shape index (κ3) is 3.42. The van der Waals surface area contributed by atoms with E-state index in [1.54, 1.807) is 0 Å². The van der Waals surface area contributed by atoms with E-state index in [1.807, 2.05) is 0 Å². The zero-order chi connectivity index (χ0) is 12.3. The van der Waals surface area contributed by atoms with Crippen molar-refractivity contribution in [1.29, 1.82) is 0 Å². The number of benzene rings is 1. The molecule has 0 amide bonds. The van der Waals surface area contributed by atoms with Gasteiger partial charge in [0.15, 0.2) is 0 Å². The molecule has 0 atom stereocenters. The van der Waals surface area contributed by atoms with Crippen molar-refractivity contribution in [1.82, 2.24) is 0 Å². The van der Waals surface area contributed by atoms with Gasteiger partial charge in [0.1, 0.15) is 6.61 Å². The van der Waals surface area contributed by atoms with Crippen molar-refractivity contribution >= 4 is 27.6 Å². The molecule has 9 heteroatoms. The summed E-state index contributed by atoms with van der Waals surface area (Å²) < 4.78 is 25.3. The Morgan fingerprint density at radius 1 is 1.50 bits per heavy atom. The van der Waals surface area contributed by atoms with Gasteiger partial charge in [0.05, 0.1) is 15.5 Å². The molecule has 0 fully saturated rings. The van der Waals surface area contributed by atoms with Crippen molar-refractivity contribution in [3.8, 4) is 0 Å². The minimum Gasteiger partial charge on any atom is -0.258 e. The third-order valence-corrected chi connectivity index (χ3v) is 2.46. The van der Waals surface area contributed by atoms with Crippen LogP contribution >= 0.6 is 11.6 Å². The third-order valence-electron chi connectivity index (χ3n) is 1.66. The number of nitrogens with zero attached hydrogens (tertiary/aromatic N) is 1. The van der Waals surface area contributed by atoms with Gasteiger partial charge < -0.3 is 0 Å². The highest BCUT2D eigenvalue weighted by Crippen LogP contribution is 2.26. The fourth-order valence-corrected chi connectivity index (χ4v) is 1.51. The van der Waals surface area contributed by atoms with E-state index in [4.69, 9.17) is 11.6 Å². The maximum atomic E-state index is 10.6. The summed E-state index contributed by atoms with van der Waals surface area (Å²) in [5.74, 6) is 0. The van der Waals surface area contributed by atoms with Crippen molar-refractivity contribution in [2.75, 3.05) is 0 Å². The highest BCUT2D eigenvalue weighted by Gasteiger charge is 2.18. The zero-order valence-electron chi connectivity index (χ0n) is 7.79. The second kappa shape index (κ2) is 4.74. The van der Waals surface area contributed by atoms with E-state index < -0.39 is 21.8 Å². The number of nitro benzene ring substituents is 1. The largest absolute Gasteiger partial charge is 0.333 e. The van der Waals surface area contributed by atoms with Crippen LogP contribution in [0.3, 0.4) is 0 Å². The molecule has 0 radical (unpaired) electrons. The number of hydrogen-bond donors (Lipinski definition) is 1. The molecular formula is C7H7ClN2O5S. The molecule has 1 aromatic carbocycles. The van der Waals surface area contributed by atoms with Gasteiger partial charge in [-0.15, -0.1) is 0 Å². The zero-order valence-corrected chi connectivity index (χ0v) is 9.36. The smallest absolute Gasteiger partial charge is 0.258 e. The molecule has 0 aromatic heterocycles. The molecular weight excluding hydrogens is 260 g/mol. The van der Waals surface area contributed by atoms with Gasteiger partial charge in [-0.2, -0.15) is 8.42 Å². The molecule has 0 unspecified atom stereocenters. The molecule has 0 saturated heterocycles. The summed E-state index contributed by atoms with van der Waals surface area (Å²) in [6, 6.07) is 3.95. The first-order valence-corrected chi connectivity index (χ1v) is 5.75. The highest BCUT2D eigenvalue weighted by atomic mass is 35.5. The summed E-state index contributed by atoms with van der Waals surface area (Å²) in [7, 11) is -4.16. The molecule has 0 spiro atoms. The molecule has 7 nitrogen and oxygen atoms in total. The molecule has 1 rings (SSSR count). The van der Waals surface area contributed by atoms with Crippen LogP contribution in [-0.2, 0) is 21.1 Å². The van der Waals surface area contributed by atoms with Crippen molar-refractivity contribution in [2.24, 2.45) is 5.14 Å². The molecule has 0 heterocycles. The minimum absolute atomic E-state index is 0.0387. The lowest BCUT2D eigenvalue weighted by atomic mass is 10.2. The summed E-state index contributed by atoms with van der Waals surface area (Å²) in [6.45, 7) is -0.575. The van der Waals surface area contributed by atoms with Gasteiger partial charge in [0.2, 0.25) is 0 Å². The Morgan fingerprint density at radius 2 is 2.12 bits per heavy atom. The van der Waals surface area contributed by atoms with E-state index >= 15 is 0 Å². The van der Waals surface area contributed by atoms with Crippen LogP contribution in [0.1, 0.15) is 5.56 Å². The van der Waals surface area contributed by atoms with Crippen LogP contribution in [-0.4, -0.2) is 13.3 Å². The molecule has 0 aliphatic rings. The lowest BCUT2D eigenvalue weighted by Gasteiger charge is -2.04. The Morgan fingerprint density at radius 3 is 2.62 bits per heavy atom. The number of nitrogens with two attached hydrogens (primary N) is 1. The molecule has 0 aliphatic heterocycles. The van der Waals surface area contributed by atoms with Crippen molar-refractivity contribution in [3.63, 3.8) is 0 Å². The van der Waals surface area contributed by atoms with Crippen molar-refractivity contribution in [2.45, 2.75) is 6.61 Å². The Labute approximate surface area is 96.2 Å². The van der Waals surface area contributed by atoms with Gasteiger partial charge in [-0.25, -0.2) is 5.14 Å². The molecule has 0 aliphatic carbocycles. The predicted molar refractivity (Wildman–Crippen MR) is 56.0 cm³/mol. The van der Waals surface area contributed by atoms with Crippen LogP contribution in [0.4, 0.5) is 5.69 Å². The maximum absolute atomic E-state index is 10.6. The van der Waals surface area contributed by atoms with Crippen LogP contribution in [0.25, 0.3) is 0 Å². The average Bonchev–Trinajstić information content (AvgIpc) is 2.13. The second-order valence-electron chi connectivity index (χ2n) is 2.75. The van der Waals surface area contributed by atoms with Crippen LogP contribution in [0.2, 0.25) is 5.02 Å². The normalized spacial score (nSPS) is 11.4. The van der Waals surface area contributed by atoms with Gasteiger partial charge in [-0.1, -0.05) is 17.7 Å². The van der Waals surface area contributed by atoms with Crippen molar-refractivity contribution < 1.29 is 17.5 Å². The number of rotatable bonds is 4. The Kier molecular flexibility index (Phi) is 3.81. The SMILES string of the molecule is NS(=O)(=O)OCc1c(Cl)cccc1[N+](=O)[O-]. The lowest BCUT2D eigenvalue weighted by Crippen LogP contribution is -2.16. The monoisotopic (exact) mass is 266 g/mol. The first-order valence-electron chi connectivity index (χ1n) is 3.90. The molecule has 16 heavy (non-hydrogen) atoms. The van der Waals surface area contributed by atoms with Gasteiger partial charge in [0, 0.05) is 6.07 Å². The van der Waals surface area contributed by atoms with Gasteiger partial charge in [-0.3, -0.25) is 14.3 Å². The van der Waals surface area contributed by atoms with Gasteiger partial charge in [-0.05, 0) is 6.07 Å². The first-order chi connectivity index (χ1) is 7.31. The van der Waals surface area contributed by atoms with Crippen LogP contribution in [0, 0.1) is 10.1 Å². The summed E-state index contributed by atoms with van der Waals surface area (Å²) in [6.07, 6.45) is 0. The number of halogens is 1. The fraction of sp³-hybridized carbons (Fsp3) is 0.143. The first kappa shape index (κ1) is 12.8. The number of hydrogen-bond acceptors (Lipinski definition) is 5. The van der Waals surface area contributed by atoms with E-state index in [0.29, 0.717) is 0 Å². The quantitative estimate of drug-likeness (QED) is 0.644. The van der Waals surface area contributed by atoms with Gasteiger partial charge in [0.25, 0.3) is 5.69 Å². The molecule has 88 valence electrons. The summed E-state index contributed by atoms with van der Waals surface area (Å²) in [5.41, 5.74) is -0.362. The molecule has 2 N–H and O–H groups in total. The predicted octanol–water partition coefficient (Wildman–Crippen LogP) is 0.968. The minimum atomic E-state index is -4.16. The van der Waals surface area contributed by atoms with E-state index in [-0.39, 0.29) is 16.3 Å². The Balaban J connectivity index is 3.07. The van der Waals surface area contributed by atoms with Crippen LogP contribution < -0.4 is 5.14 Å². The molecule has 0 bridgehead atoms. The summed E-state index contributed by atoms with van der Waals surface area (Å²) >= 11 is 5.68. The summed E-state index contributed by atoms with van der Waals surface area (Å²) in [5, 5.41) is 15.2. The van der Waals surface area contributed by atoms with E-state index in [0.717, 1.165) is 0 Å². The average molecular weight is 267 g/mol. The Bertz CT molecular complexity index is 516. The van der Waals surface area contributed by atoms with E-state index in [2.05, 4.69) is 9.32 Å². The second-order valence-corrected chi connectivity index (χ2v) is 4.38. The molecule has 1 aromatic rings. The number of nitro groups is 1. The van der Waals surface area contributed by atoms with Gasteiger partial charge >= 0.3 is 10.3 Å². The van der Waals surface area contributed by atoms with Crippen LogP contribution in [0.15, 0.2) is 18.2 Å². The highest BCUT2D eigenvalue weighted by molar-refractivity contribution is 7.84. The molecule has 0 saturated carbocycles. The fourth-order valence-electron chi connectivity index (χ4n) is 1.00. The maximum Gasteiger partial charge on any atom is 0.333 e. The van der Waals surface area contributed by atoms with E-state index in [9.17, 15) is 18.5 Å². The summed E-state index contributed by atoms with van der Waals surface area (Å²) in [4.78, 5) is 9.92. The lowest BCUT2D eigenvalue weighted by molar-refractivity contribution is -0.385. The van der Waals surface area contributed by atoms with Crippen molar-refractivity contribution in [3.05, 3.63) is 38.9 Å². The standard InChI is InChI=1S/C7H7ClN2O5S/c8-6-2-1-3-7(10(11)12)5(6)4-15-16(9,13)14/h1-3H,4H2,(H2,9,13,14).